The summed E-state index contributed by atoms with van der Waals surface area (Å²) in [6.45, 7) is 5.24. The number of amides is 1. The van der Waals surface area contributed by atoms with Crippen LogP contribution in [0.5, 0.6) is 0 Å². The van der Waals surface area contributed by atoms with Gasteiger partial charge in [-0.1, -0.05) is 12.8 Å². The number of hydrazine groups is 1. The maximum absolute atomic E-state index is 12.4. The summed E-state index contributed by atoms with van der Waals surface area (Å²) >= 11 is 0. The van der Waals surface area contributed by atoms with Crippen molar-refractivity contribution >= 4 is 11.7 Å². The van der Waals surface area contributed by atoms with Gasteiger partial charge in [-0.2, -0.15) is 0 Å². The minimum Gasteiger partial charge on any atom is -0.302 e. The topological polar surface area (TPSA) is 66.6 Å². The average Bonchev–Trinajstić information content (AvgIpc) is 2.97. The summed E-state index contributed by atoms with van der Waals surface area (Å²) in [6, 6.07) is 0. The van der Waals surface area contributed by atoms with Crippen LogP contribution in [0, 0.1) is 11.8 Å². The SMILES string of the molecule is CC(=O)[C@@H]1CCCCC1C(=O)N(N)CCN1CCCC1. The zero-order chi connectivity index (χ0) is 14.5. The average molecular weight is 281 g/mol. The molecule has 0 aromatic carbocycles. The number of carbonyl (C=O) groups excluding carboxylic acids is 2. The maximum Gasteiger partial charge on any atom is 0.240 e. The molecule has 0 spiro atoms. The predicted octanol–water partition coefficient (Wildman–Crippen LogP) is 1.18. The van der Waals surface area contributed by atoms with Crippen LogP contribution in [0.25, 0.3) is 0 Å². The monoisotopic (exact) mass is 281 g/mol. The fourth-order valence-electron chi connectivity index (χ4n) is 3.49. The quantitative estimate of drug-likeness (QED) is 0.467. The van der Waals surface area contributed by atoms with E-state index in [0.717, 1.165) is 45.3 Å². The van der Waals surface area contributed by atoms with E-state index in [1.165, 1.54) is 17.9 Å². The lowest BCUT2D eigenvalue weighted by Gasteiger charge is -2.32. The molecule has 1 amide bonds. The molecule has 0 bridgehead atoms. The first-order valence-electron chi connectivity index (χ1n) is 7.88. The van der Waals surface area contributed by atoms with Crippen molar-refractivity contribution in [3.05, 3.63) is 0 Å². The molecule has 0 aromatic heterocycles. The second-order valence-corrected chi connectivity index (χ2v) is 6.19. The van der Waals surface area contributed by atoms with Gasteiger partial charge in [-0.05, 0) is 45.7 Å². The zero-order valence-electron chi connectivity index (χ0n) is 12.5. The summed E-state index contributed by atoms with van der Waals surface area (Å²) in [5.74, 6) is 5.73. The van der Waals surface area contributed by atoms with Crippen LogP contribution in [0.2, 0.25) is 0 Å². The van der Waals surface area contributed by atoms with E-state index in [4.69, 9.17) is 5.84 Å². The molecule has 2 rings (SSSR count). The number of ketones is 1. The van der Waals surface area contributed by atoms with Crippen molar-refractivity contribution in [3.63, 3.8) is 0 Å². The molecule has 2 fully saturated rings. The number of likely N-dealkylation sites (tertiary alicyclic amines) is 1. The Morgan fingerprint density at radius 1 is 1.10 bits per heavy atom. The van der Waals surface area contributed by atoms with Crippen molar-refractivity contribution < 1.29 is 9.59 Å². The summed E-state index contributed by atoms with van der Waals surface area (Å²) in [5, 5.41) is 1.35. The van der Waals surface area contributed by atoms with Crippen molar-refractivity contribution in [2.24, 2.45) is 17.7 Å². The van der Waals surface area contributed by atoms with Crippen LogP contribution in [-0.2, 0) is 9.59 Å². The molecule has 0 aromatic rings. The second kappa shape index (κ2) is 7.18. The lowest BCUT2D eigenvalue weighted by Crippen LogP contribution is -2.48. The van der Waals surface area contributed by atoms with Crippen LogP contribution in [0.15, 0.2) is 0 Å². The lowest BCUT2D eigenvalue weighted by molar-refractivity contribution is -0.142. The fraction of sp³-hybridized carbons (Fsp3) is 0.867. The molecule has 1 heterocycles. The van der Waals surface area contributed by atoms with Gasteiger partial charge in [0, 0.05) is 24.9 Å². The Morgan fingerprint density at radius 3 is 2.30 bits per heavy atom. The van der Waals surface area contributed by atoms with Gasteiger partial charge in [-0.3, -0.25) is 14.6 Å². The molecule has 114 valence electrons. The molecule has 2 aliphatic rings. The standard InChI is InChI=1S/C15H27N3O2/c1-12(19)13-6-2-3-7-14(13)15(20)18(16)11-10-17-8-4-5-9-17/h13-14H,2-11,16H2,1H3/t13-,14?/m0/s1. The summed E-state index contributed by atoms with van der Waals surface area (Å²) < 4.78 is 0. The summed E-state index contributed by atoms with van der Waals surface area (Å²) in [4.78, 5) is 26.5. The third kappa shape index (κ3) is 3.79. The van der Waals surface area contributed by atoms with E-state index in [1.807, 2.05) is 0 Å². The van der Waals surface area contributed by atoms with Gasteiger partial charge in [-0.25, -0.2) is 5.84 Å². The summed E-state index contributed by atoms with van der Waals surface area (Å²) in [7, 11) is 0. The van der Waals surface area contributed by atoms with E-state index in [9.17, 15) is 9.59 Å². The van der Waals surface area contributed by atoms with Gasteiger partial charge in [0.15, 0.2) is 0 Å². The van der Waals surface area contributed by atoms with Gasteiger partial charge in [0.2, 0.25) is 5.91 Å². The summed E-state index contributed by atoms with van der Waals surface area (Å²) in [5.41, 5.74) is 0. The van der Waals surface area contributed by atoms with Crippen LogP contribution in [0.4, 0.5) is 0 Å². The minimum atomic E-state index is -0.190. The van der Waals surface area contributed by atoms with Crippen molar-refractivity contribution in [2.75, 3.05) is 26.2 Å². The highest BCUT2D eigenvalue weighted by molar-refractivity contribution is 5.87. The third-order valence-electron chi connectivity index (χ3n) is 4.74. The number of hydrogen-bond acceptors (Lipinski definition) is 4. The molecule has 2 atom stereocenters. The number of hydrogen-bond donors (Lipinski definition) is 1. The molecule has 0 radical (unpaired) electrons. The van der Waals surface area contributed by atoms with Gasteiger partial charge in [0.25, 0.3) is 0 Å². The number of rotatable bonds is 5. The normalized spacial score (nSPS) is 27.5. The maximum atomic E-state index is 12.4. The molecule has 1 saturated carbocycles. The van der Waals surface area contributed by atoms with Crippen molar-refractivity contribution in [1.29, 1.82) is 0 Å². The molecule has 1 unspecified atom stereocenters. The van der Waals surface area contributed by atoms with E-state index in [0.29, 0.717) is 6.54 Å². The molecular formula is C15H27N3O2. The Kier molecular flexibility index (Phi) is 5.54. The van der Waals surface area contributed by atoms with Crippen molar-refractivity contribution in [2.45, 2.75) is 45.4 Å². The van der Waals surface area contributed by atoms with Gasteiger partial charge in [-0.15, -0.1) is 0 Å². The van der Waals surface area contributed by atoms with Crippen LogP contribution >= 0.6 is 0 Å². The second-order valence-electron chi connectivity index (χ2n) is 6.19. The molecule has 20 heavy (non-hydrogen) atoms. The first kappa shape index (κ1) is 15.4. The van der Waals surface area contributed by atoms with Gasteiger partial charge >= 0.3 is 0 Å². The Balaban J connectivity index is 1.85. The van der Waals surface area contributed by atoms with E-state index < -0.39 is 0 Å². The fourth-order valence-corrected chi connectivity index (χ4v) is 3.49. The highest BCUT2D eigenvalue weighted by Gasteiger charge is 2.35. The first-order valence-corrected chi connectivity index (χ1v) is 7.88. The third-order valence-corrected chi connectivity index (χ3v) is 4.74. The number of Topliss-reactive ketones (excluding diaryl/α,β-unsaturated/α-hetero) is 1. The molecule has 1 aliphatic carbocycles. The Bertz CT molecular complexity index is 353. The minimum absolute atomic E-state index is 0.0379. The number of carbonyl (C=O) groups is 2. The largest absolute Gasteiger partial charge is 0.302 e. The van der Waals surface area contributed by atoms with E-state index in [1.54, 1.807) is 6.92 Å². The van der Waals surface area contributed by atoms with Crippen molar-refractivity contribution in [1.82, 2.24) is 9.91 Å². The Hall–Kier alpha value is -0.940. The highest BCUT2D eigenvalue weighted by Crippen LogP contribution is 2.31. The van der Waals surface area contributed by atoms with Gasteiger partial charge in [0.1, 0.15) is 5.78 Å². The van der Waals surface area contributed by atoms with Crippen LogP contribution in [0.3, 0.4) is 0 Å². The van der Waals surface area contributed by atoms with E-state index >= 15 is 0 Å². The summed E-state index contributed by atoms with van der Waals surface area (Å²) in [6.07, 6.45) is 6.21. The number of nitrogens with zero attached hydrogens (tertiary/aromatic N) is 2. The first-order chi connectivity index (χ1) is 9.59. The molecule has 1 saturated heterocycles. The van der Waals surface area contributed by atoms with E-state index in [2.05, 4.69) is 4.90 Å². The van der Waals surface area contributed by atoms with Crippen molar-refractivity contribution in [3.8, 4) is 0 Å². The van der Waals surface area contributed by atoms with Crippen LogP contribution in [-0.4, -0.2) is 47.8 Å². The Morgan fingerprint density at radius 2 is 1.70 bits per heavy atom. The Labute approximate surface area is 121 Å². The van der Waals surface area contributed by atoms with Crippen LogP contribution in [0.1, 0.15) is 45.4 Å². The van der Waals surface area contributed by atoms with Crippen LogP contribution < -0.4 is 5.84 Å². The smallest absolute Gasteiger partial charge is 0.240 e. The predicted molar refractivity (Wildman–Crippen MR) is 77.7 cm³/mol. The zero-order valence-corrected chi connectivity index (χ0v) is 12.5. The molecular weight excluding hydrogens is 254 g/mol. The number of nitrogens with two attached hydrogens (primary N) is 1. The van der Waals surface area contributed by atoms with Gasteiger partial charge < -0.3 is 4.90 Å². The molecule has 5 nitrogen and oxygen atoms in total. The molecule has 1 aliphatic heterocycles. The molecule has 2 N–H and O–H groups in total. The van der Waals surface area contributed by atoms with E-state index in [-0.39, 0.29) is 23.5 Å². The van der Waals surface area contributed by atoms with Gasteiger partial charge in [0.05, 0.1) is 0 Å². The highest BCUT2D eigenvalue weighted by atomic mass is 16.2. The lowest BCUT2D eigenvalue weighted by atomic mass is 9.76. The molecule has 5 heteroatoms.